The van der Waals surface area contributed by atoms with E-state index in [0.29, 0.717) is 6.04 Å². The lowest BCUT2D eigenvalue weighted by Gasteiger charge is -2.18. The van der Waals surface area contributed by atoms with Crippen LogP contribution in [0.2, 0.25) is 0 Å². The van der Waals surface area contributed by atoms with Crippen LogP contribution in [0.15, 0.2) is 35.3 Å². The number of aliphatic imine (C=N–C) groups is 1. The van der Waals surface area contributed by atoms with Gasteiger partial charge in [-0.15, -0.1) is 0 Å². The van der Waals surface area contributed by atoms with Crippen LogP contribution in [-0.4, -0.2) is 19.0 Å². The number of benzene rings is 1. The van der Waals surface area contributed by atoms with E-state index >= 15 is 0 Å². The van der Waals surface area contributed by atoms with E-state index in [0.717, 1.165) is 11.5 Å². The van der Waals surface area contributed by atoms with Crippen LogP contribution in [0.1, 0.15) is 37.7 Å². The number of ether oxygens (including phenoxy) is 1. The predicted octanol–water partition coefficient (Wildman–Crippen LogP) is 3.41. The minimum absolute atomic E-state index is 0.462. The minimum Gasteiger partial charge on any atom is -0.481 e. The Morgan fingerprint density at radius 3 is 2.44 bits per heavy atom. The average molecular weight is 217 g/mol. The maximum Gasteiger partial charge on any atom is 0.216 e. The van der Waals surface area contributed by atoms with E-state index in [4.69, 9.17) is 9.73 Å². The van der Waals surface area contributed by atoms with Gasteiger partial charge in [0.15, 0.2) is 0 Å². The molecule has 2 nitrogen and oxygen atoms in total. The van der Waals surface area contributed by atoms with Crippen molar-refractivity contribution in [2.75, 3.05) is 7.11 Å². The van der Waals surface area contributed by atoms with E-state index in [1.807, 2.05) is 30.3 Å². The summed E-state index contributed by atoms with van der Waals surface area (Å²) in [5.41, 5.74) is 1.08. The highest BCUT2D eigenvalue weighted by atomic mass is 16.5. The quantitative estimate of drug-likeness (QED) is 0.549. The third-order valence-corrected chi connectivity index (χ3v) is 3.09. The minimum atomic E-state index is 0.462. The summed E-state index contributed by atoms with van der Waals surface area (Å²) in [6, 6.07) is 10.6. The maximum atomic E-state index is 5.39. The Morgan fingerprint density at radius 2 is 1.81 bits per heavy atom. The zero-order valence-electron chi connectivity index (χ0n) is 9.86. The van der Waals surface area contributed by atoms with Gasteiger partial charge >= 0.3 is 0 Å². The van der Waals surface area contributed by atoms with Crippen LogP contribution in [0.25, 0.3) is 0 Å². The highest BCUT2D eigenvalue weighted by molar-refractivity contribution is 5.94. The van der Waals surface area contributed by atoms with Gasteiger partial charge in [0.1, 0.15) is 0 Å². The van der Waals surface area contributed by atoms with E-state index < -0.39 is 0 Å². The molecule has 2 rings (SSSR count). The zero-order chi connectivity index (χ0) is 11.2. The molecule has 2 heteroatoms. The molecule has 1 saturated carbocycles. The third-order valence-electron chi connectivity index (χ3n) is 3.09. The summed E-state index contributed by atoms with van der Waals surface area (Å²) >= 11 is 0. The van der Waals surface area contributed by atoms with Crippen molar-refractivity contribution in [2.24, 2.45) is 4.99 Å². The number of rotatable bonds is 2. The Morgan fingerprint density at radius 1 is 1.12 bits per heavy atom. The SMILES string of the molecule is COC(=NC1CCCCC1)c1ccccc1. The van der Waals surface area contributed by atoms with E-state index in [-0.39, 0.29) is 0 Å². The predicted molar refractivity (Wildman–Crippen MR) is 66.9 cm³/mol. The van der Waals surface area contributed by atoms with Crippen LogP contribution >= 0.6 is 0 Å². The van der Waals surface area contributed by atoms with Crippen molar-refractivity contribution < 1.29 is 4.74 Å². The monoisotopic (exact) mass is 217 g/mol. The average Bonchev–Trinajstić information content (AvgIpc) is 2.38. The summed E-state index contributed by atoms with van der Waals surface area (Å²) in [7, 11) is 1.70. The lowest BCUT2D eigenvalue weighted by atomic mass is 9.96. The van der Waals surface area contributed by atoms with Crippen molar-refractivity contribution in [3.8, 4) is 0 Å². The summed E-state index contributed by atoms with van der Waals surface area (Å²) in [6.45, 7) is 0. The molecule has 0 radical (unpaired) electrons. The Bertz CT molecular complexity index is 339. The van der Waals surface area contributed by atoms with Gasteiger partial charge in [-0.1, -0.05) is 37.5 Å². The van der Waals surface area contributed by atoms with E-state index in [1.54, 1.807) is 7.11 Å². The molecule has 86 valence electrons. The molecule has 0 amide bonds. The molecule has 0 heterocycles. The van der Waals surface area contributed by atoms with E-state index in [1.165, 1.54) is 32.1 Å². The molecular weight excluding hydrogens is 198 g/mol. The first kappa shape index (κ1) is 11.2. The van der Waals surface area contributed by atoms with Crippen LogP contribution in [0.5, 0.6) is 0 Å². The Balaban J connectivity index is 2.12. The second kappa shape index (κ2) is 5.69. The summed E-state index contributed by atoms with van der Waals surface area (Å²) < 4.78 is 5.39. The molecule has 0 aliphatic heterocycles. The van der Waals surface area contributed by atoms with Crippen molar-refractivity contribution in [1.82, 2.24) is 0 Å². The van der Waals surface area contributed by atoms with Crippen molar-refractivity contribution in [2.45, 2.75) is 38.1 Å². The molecule has 0 spiro atoms. The highest BCUT2D eigenvalue weighted by Crippen LogP contribution is 2.21. The van der Waals surface area contributed by atoms with Gasteiger partial charge in [-0.2, -0.15) is 0 Å². The maximum absolute atomic E-state index is 5.39. The first-order valence-corrected chi connectivity index (χ1v) is 6.07. The van der Waals surface area contributed by atoms with Gasteiger partial charge in [0.25, 0.3) is 0 Å². The molecular formula is C14H19NO. The number of methoxy groups -OCH3 is 1. The van der Waals surface area contributed by atoms with Crippen molar-refractivity contribution in [3.05, 3.63) is 35.9 Å². The Kier molecular flexibility index (Phi) is 3.97. The second-order valence-electron chi connectivity index (χ2n) is 4.30. The second-order valence-corrected chi connectivity index (χ2v) is 4.30. The topological polar surface area (TPSA) is 21.6 Å². The van der Waals surface area contributed by atoms with Crippen molar-refractivity contribution >= 4 is 5.90 Å². The summed E-state index contributed by atoms with van der Waals surface area (Å²) in [5, 5.41) is 0. The normalized spacial score (nSPS) is 18.4. The molecule has 0 unspecified atom stereocenters. The van der Waals surface area contributed by atoms with Gasteiger partial charge in [-0.3, -0.25) is 0 Å². The fraction of sp³-hybridized carbons (Fsp3) is 0.500. The van der Waals surface area contributed by atoms with Gasteiger partial charge in [-0.05, 0) is 25.0 Å². The molecule has 1 aromatic rings. The molecule has 0 aromatic heterocycles. The molecule has 0 saturated heterocycles. The lowest BCUT2D eigenvalue weighted by molar-refractivity contribution is 0.384. The van der Waals surface area contributed by atoms with Crippen LogP contribution in [0, 0.1) is 0 Å². The Labute approximate surface area is 97.4 Å². The van der Waals surface area contributed by atoms with Crippen molar-refractivity contribution in [3.63, 3.8) is 0 Å². The summed E-state index contributed by atoms with van der Waals surface area (Å²) in [4.78, 5) is 4.72. The van der Waals surface area contributed by atoms with E-state index in [9.17, 15) is 0 Å². The first-order chi connectivity index (χ1) is 7.90. The largest absolute Gasteiger partial charge is 0.481 e. The molecule has 0 bridgehead atoms. The molecule has 0 N–H and O–H groups in total. The van der Waals surface area contributed by atoms with Gasteiger partial charge < -0.3 is 4.74 Å². The highest BCUT2D eigenvalue weighted by Gasteiger charge is 2.14. The molecule has 16 heavy (non-hydrogen) atoms. The summed E-state index contributed by atoms with van der Waals surface area (Å²) in [6.07, 6.45) is 6.39. The molecule has 1 fully saturated rings. The number of hydrogen-bond acceptors (Lipinski definition) is 2. The number of hydrogen-bond donors (Lipinski definition) is 0. The van der Waals surface area contributed by atoms with Crippen LogP contribution < -0.4 is 0 Å². The smallest absolute Gasteiger partial charge is 0.216 e. The Hall–Kier alpha value is -1.31. The first-order valence-electron chi connectivity index (χ1n) is 6.07. The van der Waals surface area contributed by atoms with Gasteiger partial charge in [0, 0.05) is 5.56 Å². The standard InChI is InChI=1S/C14H19NO/c1-16-14(12-8-4-2-5-9-12)15-13-10-6-3-7-11-13/h2,4-5,8-9,13H,3,6-7,10-11H2,1H3. The van der Waals surface area contributed by atoms with Crippen LogP contribution in [-0.2, 0) is 4.74 Å². The number of nitrogens with zero attached hydrogens (tertiary/aromatic N) is 1. The van der Waals surface area contributed by atoms with Gasteiger partial charge in [-0.25, -0.2) is 4.99 Å². The van der Waals surface area contributed by atoms with Gasteiger partial charge in [0.05, 0.1) is 13.2 Å². The fourth-order valence-corrected chi connectivity index (χ4v) is 2.20. The molecule has 0 atom stereocenters. The molecule has 1 aromatic carbocycles. The van der Waals surface area contributed by atoms with Gasteiger partial charge in [0.2, 0.25) is 5.90 Å². The third kappa shape index (κ3) is 2.84. The fourth-order valence-electron chi connectivity index (χ4n) is 2.20. The van der Waals surface area contributed by atoms with Crippen LogP contribution in [0.3, 0.4) is 0 Å². The zero-order valence-corrected chi connectivity index (χ0v) is 9.86. The summed E-state index contributed by atoms with van der Waals surface area (Å²) in [5.74, 6) is 0.785. The lowest BCUT2D eigenvalue weighted by Crippen LogP contribution is -2.14. The molecule has 1 aliphatic rings. The van der Waals surface area contributed by atoms with E-state index in [2.05, 4.69) is 0 Å². The van der Waals surface area contributed by atoms with Crippen molar-refractivity contribution in [1.29, 1.82) is 0 Å². The van der Waals surface area contributed by atoms with Crippen LogP contribution in [0.4, 0.5) is 0 Å². The molecule has 1 aliphatic carbocycles.